The van der Waals surface area contributed by atoms with Gasteiger partial charge in [0.05, 0.1) is 0 Å². The Bertz CT molecular complexity index is 631. The predicted molar refractivity (Wildman–Crippen MR) is 94.4 cm³/mol. The highest BCUT2D eigenvalue weighted by atomic mass is 16.2. The van der Waals surface area contributed by atoms with Crippen LogP contribution in [0.1, 0.15) is 31.2 Å². The van der Waals surface area contributed by atoms with E-state index in [1.54, 1.807) is 18.5 Å². The van der Waals surface area contributed by atoms with Crippen LogP contribution >= 0.6 is 0 Å². The number of hydrogen-bond acceptors (Lipinski definition) is 5. The van der Waals surface area contributed by atoms with Crippen molar-refractivity contribution in [1.82, 2.24) is 25.1 Å². The lowest BCUT2D eigenvalue weighted by molar-refractivity contribution is -0.117. The molecule has 25 heavy (non-hydrogen) atoms. The standard InChI is InChI=1S/C17H24N6O2/c18-16-19-11-13(12-20-16)3-4-15(24)21-14-5-9-23(10-6-14)17(25)22-7-1-2-8-22/h3-4,11-12,14H,1-2,5-10H2,(H,21,24)(H2,18,19,20)/b4-3+. The molecule has 0 atom stereocenters. The summed E-state index contributed by atoms with van der Waals surface area (Å²) >= 11 is 0. The normalized spacial score (nSPS) is 18.7. The maximum atomic E-state index is 12.3. The first-order chi connectivity index (χ1) is 12.1. The van der Waals surface area contributed by atoms with E-state index in [9.17, 15) is 9.59 Å². The van der Waals surface area contributed by atoms with Gasteiger partial charge in [0.15, 0.2) is 0 Å². The number of likely N-dealkylation sites (tertiary alicyclic amines) is 2. The fourth-order valence-electron chi connectivity index (χ4n) is 3.18. The molecule has 0 aliphatic carbocycles. The fourth-order valence-corrected chi connectivity index (χ4v) is 3.18. The number of hydrogen-bond donors (Lipinski definition) is 2. The smallest absolute Gasteiger partial charge is 0.319 e. The van der Waals surface area contributed by atoms with Gasteiger partial charge in [0, 0.05) is 56.3 Å². The molecule has 8 nitrogen and oxygen atoms in total. The van der Waals surface area contributed by atoms with Crippen LogP contribution in [0, 0.1) is 0 Å². The van der Waals surface area contributed by atoms with Crippen molar-refractivity contribution in [1.29, 1.82) is 0 Å². The topological polar surface area (TPSA) is 104 Å². The van der Waals surface area contributed by atoms with Gasteiger partial charge in [0.1, 0.15) is 0 Å². The van der Waals surface area contributed by atoms with Gasteiger partial charge in [-0.05, 0) is 31.8 Å². The molecule has 0 radical (unpaired) electrons. The Balaban J connectivity index is 1.43. The molecule has 0 saturated carbocycles. The van der Waals surface area contributed by atoms with Gasteiger partial charge in [-0.25, -0.2) is 14.8 Å². The first-order valence-corrected chi connectivity index (χ1v) is 8.72. The fraction of sp³-hybridized carbons (Fsp3) is 0.529. The zero-order valence-electron chi connectivity index (χ0n) is 14.2. The van der Waals surface area contributed by atoms with Gasteiger partial charge in [-0.3, -0.25) is 4.79 Å². The van der Waals surface area contributed by atoms with E-state index in [1.165, 1.54) is 6.08 Å². The molecule has 2 aliphatic heterocycles. The average Bonchev–Trinajstić information content (AvgIpc) is 3.16. The van der Waals surface area contributed by atoms with E-state index in [1.807, 2.05) is 9.80 Å². The third-order valence-corrected chi connectivity index (χ3v) is 4.61. The van der Waals surface area contributed by atoms with Crippen LogP contribution in [0.3, 0.4) is 0 Å². The van der Waals surface area contributed by atoms with Crippen molar-refractivity contribution < 1.29 is 9.59 Å². The third-order valence-electron chi connectivity index (χ3n) is 4.61. The molecule has 8 heteroatoms. The van der Waals surface area contributed by atoms with Crippen LogP contribution in [0.2, 0.25) is 0 Å². The quantitative estimate of drug-likeness (QED) is 0.792. The molecule has 3 N–H and O–H groups in total. The summed E-state index contributed by atoms with van der Waals surface area (Å²) < 4.78 is 0. The second kappa shape index (κ2) is 7.96. The number of nitrogen functional groups attached to an aromatic ring is 1. The number of nitrogens with zero attached hydrogens (tertiary/aromatic N) is 4. The van der Waals surface area contributed by atoms with Crippen molar-refractivity contribution in [2.45, 2.75) is 31.7 Å². The molecular formula is C17H24N6O2. The first-order valence-electron chi connectivity index (χ1n) is 8.72. The molecule has 0 bridgehead atoms. The summed E-state index contributed by atoms with van der Waals surface area (Å²) in [7, 11) is 0. The van der Waals surface area contributed by atoms with E-state index >= 15 is 0 Å². The van der Waals surface area contributed by atoms with Crippen LogP contribution in [0.4, 0.5) is 10.7 Å². The second-order valence-corrected chi connectivity index (χ2v) is 6.45. The van der Waals surface area contributed by atoms with Gasteiger partial charge in [-0.2, -0.15) is 0 Å². The third kappa shape index (κ3) is 4.68. The van der Waals surface area contributed by atoms with E-state index in [0.29, 0.717) is 13.1 Å². The zero-order valence-corrected chi connectivity index (χ0v) is 14.2. The Morgan fingerprint density at radius 3 is 2.32 bits per heavy atom. The SMILES string of the molecule is Nc1ncc(/C=C/C(=O)NC2CCN(C(=O)N3CCCC3)CC2)cn1. The van der Waals surface area contributed by atoms with Crippen LogP contribution in [0.25, 0.3) is 6.08 Å². The van der Waals surface area contributed by atoms with E-state index in [2.05, 4.69) is 15.3 Å². The Kier molecular flexibility index (Phi) is 5.47. The lowest BCUT2D eigenvalue weighted by Gasteiger charge is -2.34. The van der Waals surface area contributed by atoms with E-state index in [-0.39, 0.29) is 23.9 Å². The minimum absolute atomic E-state index is 0.0995. The number of carbonyl (C=O) groups excluding carboxylic acids is 2. The van der Waals surface area contributed by atoms with Crippen LogP contribution in [0.5, 0.6) is 0 Å². The monoisotopic (exact) mass is 344 g/mol. The van der Waals surface area contributed by atoms with Crippen molar-refractivity contribution in [2.24, 2.45) is 0 Å². The average molecular weight is 344 g/mol. The van der Waals surface area contributed by atoms with Crippen molar-refractivity contribution in [3.63, 3.8) is 0 Å². The van der Waals surface area contributed by atoms with Crippen LogP contribution in [-0.2, 0) is 4.79 Å². The van der Waals surface area contributed by atoms with Gasteiger partial charge in [0.2, 0.25) is 11.9 Å². The number of carbonyl (C=O) groups is 2. The lowest BCUT2D eigenvalue weighted by atomic mass is 10.1. The van der Waals surface area contributed by atoms with Gasteiger partial charge < -0.3 is 20.9 Å². The Morgan fingerprint density at radius 2 is 1.68 bits per heavy atom. The summed E-state index contributed by atoms with van der Waals surface area (Å²) in [5.74, 6) is 0.0537. The van der Waals surface area contributed by atoms with Crippen molar-refractivity contribution in [3.8, 4) is 0 Å². The summed E-state index contributed by atoms with van der Waals surface area (Å²) in [5.41, 5.74) is 6.14. The van der Waals surface area contributed by atoms with Crippen molar-refractivity contribution in [2.75, 3.05) is 31.9 Å². The number of piperidine rings is 1. The summed E-state index contributed by atoms with van der Waals surface area (Å²) in [6, 6.07) is 0.243. The summed E-state index contributed by atoms with van der Waals surface area (Å²) in [4.78, 5) is 35.9. The minimum atomic E-state index is -0.152. The molecule has 1 aromatic rings. The minimum Gasteiger partial charge on any atom is -0.368 e. The zero-order chi connectivity index (χ0) is 17.6. The number of aromatic nitrogens is 2. The van der Waals surface area contributed by atoms with Gasteiger partial charge in [0.25, 0.3) is 0 Å². The molecule has 3 rings (SSSR count). The maximum absolute atomic E-state index is 12.3. The summed E-state index contributed by atoms with van der Waals surface area (Å²) in [6.45, 7) is 3.12. The number of rotatable bonds is 3. The highest BCUT2D eigenvalue weighted by molar-refractivity contribution is 5.91. The molecule has 134 valence electrons. The van der Waals surface area contributed by atoms with Crippen molar-refractivity contribution >= 4 is 24.0 Å². The first kappa shape index (κ1) is 17.2. The van der Waals surface area contributed by atoms with Crippen LogP contribution in [0.15, 0.2) is 18.5 Å². The van der Waals surface area contributed by atoms with Gasteiger partial charge in [-0.1, -0.05) is 0 Å². The molecular weight excluding hydrogens is 320 g/mol. The molecule has 2 saturated heterocycles. The van der Waals surface area contributed by atoms with Crippen LogP contribution < -0.4 is 11.1 Å². The highest BCUT2D eigenvalue weighted by Gasteiger charge is 2.27. The number of anilines is 1. The van der Waals surface area contributed by atoms with Gasteiger partial charge >= 0.3 is 6.03 Å². The molecule has 2 fully saturated rings. The van der Waals surface area contributed by atoms with Crippen LogP contribution in [-0.4, -0.2) is 63.9 Å². The van der Waals surface area contributed by atoms with E-state index < -0.39 is 0 Å². The molecule has 2 aliphatic rings. The number of nitrogens with one attached hydrogen (secondary N) is 1. The largest absolute Gasteiger partial charge is 0.368 e. The molecule has 3 amide bonds. The second-order valence-electron chi connectivity index (χ2n) is 6.45. The highest BCUT2D eigenvalue weighted by Crippen LogP contribution is 2.16. The van der Waals surface area contributed by atoms with Crippen molar-refractivity contribution in [3.05, 3.63) is 24.0 Å². The maximum Gasteiger partial charge on any atom is 0.319 e. The molecule has 0 aromatic carbocycles. The number of nitrogens with two attached hydrogens (primary N) is 1. The number of amides is 3. The molecule has 0 unspecified atom stereocenters. The lowest BCUT2D eigenvalue weighted by Crippen LogP contribution is -2.49. The van der Waals surface area contributed by atoms with Gasteiger partial charge in [-0.15, -0.1) is 0 Å². The predicted octanol–water partition coefficient (Wildman–Crippen LogP) is 0.868. The number of urea groups is 1. The Labute approximate surface area is 147 Å². The molecule has 0 spiro atoms. The molecule has 1 aromatic heterocycles. The Hall–Kier alpha value is -2.64. The van der Waals surface area contributed by atoms with E-state index in [0.717, 1.165) is 44.3 Å². The summed E-state index contributed by atoms with van der Waals surface area (Å²) in [5, 5.41) is 2.99. The summed E-state index contributed by atoms with van der Waals surface area (Å²) in [6.07, 6.45) is 10.0. The van der Waals surface area contributed by atoms with E-state index in [4.69, 9.17) is 5.73 Å². The molecule has 3 heterocycles. The Morgan fingerprint density at radius 1 is 1.08 bits per heavy atom.